The van der Waals surface area contributed by atoms with Gasteiger partial charge >= 0.3 is 5.97 Å². The first kappa shape index (κ1) is 14.0. The fourth-order valence-electron chi connectivity index (χ4n) is 1.54. The highest BCUT2D eigenvalue weighted by molar-refractivity contribution is 5.84. The van der Waals surface area contributed by atoms with Crippen molar-refractivity contribution < 1.29 is 13.9 Å². The number of ether oxygens (including phenoxy) is 1. The summed E-state index contributed by atoms with van der Waals surface area (Å²) in [4.78, 5) is 15.6. The molecule has 0 aliphatic carbocycles. The summed E-state index contributed by atoms with van der Waals surface area (Å²) >= 11 is 0. The summed E-state index contributed by atoms with van der Waals surface area (Å²) in [6.07, 6.45) is 0. The van der Waals surface area contributed by atoms with Gasteiger partial charge in [0.15, 0.2) is 12.0 Å². The largest absolute Gasteiger partial charge is 0.464 e. The van der Waals surface area contributed by atoms with E-state index in [-0.39, 0.29) is 12.6 Å². The molecule has 98 valence electrons. The Balaban J connectivity index is 3.22. The fraction of sp³-hybridized carbons (Fsp3) is 0.333. The number of carbonyl (C=O) groups is 1. The van der Waals surface area contributed by atoms with Crippen LogP contribution in [-0.4, -0.2) is 18.5 Å². The number of rotatable bonds is 4. The average Bonchev–Trinajstić information content (AvgIpc) is 2.30. The number of hydrogen-bond donors (Lipinski definition) is 2. The second-order valence-electron chi connectivity index (χ2n) is 3.66. The first-order valence-corrected chi connectivity index (χ1v) is 5.47. The normalized spacial score (nSPS) is 11.7. The third-order valence-electron chi connectivity index (χ3n) is 2.39. The van der Waals surface area contributed by atoms with Crippen molar-refractivity contribution in [1.29, 1.82) is 0 Å². The third kappa shape index (κ3) is 3.19. The molecule has 0 spiro atoms. The Bertz CT molecular complexity index is 470. The summed E-state index contributed by atoms with van der Waals surface area (Å²) in [6, 6.07) is 3.35. The van der Waals surface area contributed by atoms with Gasteiger partial charge in [-0.1, -0.05) is 12.1 Å². The lowest BCUT2D eigenvalue weighted by molar-refractivity contribution is -0.144. The van der Waals surface area contributed by atoms with E-state index < -0.39 is 17.8 Å². The van der Waals surface area contributed by atoms with Crippen molar-refractivity contribution in [2.24, 2.45) is 16.5 Å². The lowest BCUT2D eigenvalue weighted by Gasteiger charge is -2.14. The van der Waals surface area contributed by atoms with Crippen LogP contribution in [0.3, 0.4) is 0 Å². The van der Waals surface area contributed by atoms with Crippen molar-refractivity contribution in [1.82, 2.24) is 0 Å². The summed E-state index contributed by atoms with van der Waals surface area (Å²) in [5, 5.41) is 0. The van der Waals surface area contributed by atoms with Crippen molar-refractivity contribution in [3.8, 4) is 0 Å². The predicted molar refractivity (Wildman–Crippen MR) is 66.3 cm³/mol. The Morgan fingerprint density at radius 2 is 2.17 bits per heavy atom. The van der Waals surface area contributed by atoms with Gasteiger partial charge in [0.2, 0.25) is 0 Å². The van der Waals surface area contributed by atoms with E-state index in [1.165, 1.54) is 12.1 Å². The summed E-state index contributed by atoms with van der Waals surface area (Å²) in [6.45, 7) is 3.42. The van der Waals surface area contributed by atoms with E-state index in [1.54, 1.807) is 19.9 Å². The molecule has 6 heteroatoms. The van der Waals surface area contributed by atoms with E-state index in [2.05, 4.69) is 4.99 Å². The average molecular weight is 253 g/mol. The number of nitrogens with zero attached hydrogens (tertiary/aromatic N) is 1. The summed E-state index contributed by atoms with van der Waals surface area (Å²) < 4.78 is 18.3. The van der Waals surface area contributed by atoms with E-state index in [1.807, 2.05) is 0 Å². The smallest absolute Gasteiger partial charge is 0.335 e. The van der Waals surface area contributed by atoms with Crippen LogP contribution in [0.2, 0.25) is 0 Å². The molecule has 0 heterocycles. The van der Waals surface area contributed by atoms with Gasteiger partial charge in [0.1, 0.15) is 5.82 Å². The standard InChI is InChI=1S/C12H16FN3O2/c1-3-18-11(17)10(16-12(14)15)8-5-4-6-9(13)7(8)2/h4-6,10H,3H2,1-2H3,(H4,14,15,16). The van der Waals surface area contributed by atoms with Gasteiger partial charge in [-0.3, -0.25) is 0 Å². The Kier molecular flexibility index (Phi) is 4.65. The van der Waals surface area contributed by atoms with Crippen LogP contribution in [0.1, 0.15) is 24.1 Å². The second-order valence-corrected chi connectivity index (χ2v) is 3.66. The van der Waals surface area contributed by atoms with Gasteiger partial charge in [-0.25, -0.2) is 14.2 Å². The molecule has 18 heavy (non-hydrogen) atoms. The zero-order valence-corrected chi connectivity index (χ0v) is 10.3. The summed E-state index contributed by atoms with van der Waals surface area (Å²) in [5.41, 5.74) is 11.3. The van der Waals surface area contributed by atoms with Crippen molar-refractivity contribution in [3.05, 3.63) is 35.1 Å². The van der Waals surface area contributed by atoms with E-state index in [0.717, 1.165) is 0 Å². The highest BCUT2D eigenvalue weighted by atomic mass is 19.1. The first-order valence-electron chi connectivity index (χ1n) is 5.47. The van der Waals surface area contributed by atoms with Gasteiger partial charge in [0.05, 0.1) is 6.61 Å². The summed E-state index contributed by atoms with van der Waals surface area (Å²) in [5.74, 6) is -1.29. The van der Waals surface area contributed by atoms with Crippen LogP contribution >= 0.6 is 0 Å². The molecule has 1 aromatic rings. The van der Waals surface area contributed by atoms with Crippen LogP contribution < -0.4 is 11.5 Å². The highest BCUT2D eigenvalue weighted by Gasteiger charge is 2.24. The van der Waals surface area contributed by atoms with Gasteiger partial charge in [-0.15, -0.1) is 0 Å². The zero-order valence-electron chi connectivity index (χ0n) is 10.3. The molecule has 0 aliphatic heterocycles. The topological polar surface area (TPSA) is 90.7 Å². The van der Waals surface area contributed by atoms with E-state index >= 15 is 0 Å². The highest BCUT2D eigenvalue weighted by Crippen LogP contribution is 2.24. The lowest BCUT2D eigenvalue weighted by atomic mass is 10.0. The predicted octanol–water partition coefficient (Wildman–Crippen LogP) is 1.01. The van der Waals surface area contributed by atoms with Crippen molar-refractivity contribution in [2.45, 2.75) is 19.9 Å². The van der Waals surface area contributed by atoms with E-state index in [9.17, 15) is 9.18 Å². The number of guanidine groups is 1. The number of hydrogen-bond acceptors (Lipinski definition) is 3. The monoisotopic (exact) mass is 253 g/mol. The quantitative estimate of drug-likeness (QED) is 0.476. The van der Waals surface area contributed by atoms with Crippen LogP contribution in [0.25, 0.3) is 0 Å². The fourth-order valence-corrected chi connectivity index (χ4v) is 1.54. The first-order chi connectivity index (χ1) is 8.47. The molecule has 1 atom stereocenters. The molecule has 5 nitrogen and oxygen atoms in total. The Morgan fingerprint density at radius 1 is 1.50 bits per heavy atom. The number of benzene rings is 1. The summed E-state index contributed by atoms with van der Waals surface area (Å²) in [7, 11) is 0. The Hall–Kier alpha value is -2.11. The third-order valence-corrected chi connectivity index (χ3v) is 2.39. The van der Waals surface area contributed by atoms with Gasteiger partial charge in [-0.05, 0) is 31.0 Å². The van der Waals surface area contributed by atoms with Crippen LogP contribution in [-0.2, 0) is 9.53 Å². The molecule has 0 amide bonds. The van der Waals surface area contributed by atoms with Crippen LogP contribution in [0.4, 0.5) is 4.39 Å². The van der Waals surface area contributed by atoms with E-state index in [0.29, 0.717) is 11.1 Å². The van der Waals surface area contributed by atoms with Crippen LogP contribution in [0.5, 0.6) is 0 Å². The van der Waals surface area contributed by atoms with Crippen LogP contribution in [0, 0.1) is 12.7 Å². The number of aliphatic imine (C=N–C) groups is 1. The van der Waals surface area contributed by atoms with Gasteiger partial charge in [-0.2, -0.15) is 0 Å². The zero-order chi connectivity index (χ0) is 13.7. The minimum Gasteiger partial charge on any atom is -0.464 e. The molecule has 0 bridgehead atoms. The molecule has 1 aromatic carbocycles. The van der Waals surface area contributed by atoms with Crippen molar-refractivity contribution in [3.63, 3.8) is 0 Å². The SMILES string of the molecule is CCOC(=O)C(N=C(N)N)c1cccc(F)c1C. The van der Waals surface area contributed by atoms with Gasteiger partial charge in [0.25, 0.3) is 0 Å². The van der Waals surface area contributed by atoms with Crippen LogP contribution in [0.15, 0.2) is 23.2 Å². The Labute approximate surface area is 105 Å². The van der Waals surface area contributed by atoms with Gasteiger partial charge in [0, 0.05) is 0 Å². The van der Waals surface area contributed by atoms with Crippen molar-refractivity contribution in [2.75, 3.05) is 6.61 Å². The maximum Gasteiger partial charge on any atom is 0.335 e. The lowest BCUT2D eigenvalue weighted by Crippen LogP contribution is -2.26. The van der Waals surface area contributed by atoms with E-state index in [4.69, 9.17) is 16.2 Å². The maximum atomic E-state index is 13.5. The molecule has 0 fully saturated rings. The maximum absolute atomic E-state index is 13.5. The minimum atomic E-state index is -1.04. The Morgan fingerprint density at radius 3 is 2.72 bits per heavy atom. The van der Waals surface area contributed by atoms with Gasteiger partial charge < -0.3 is 16.2 Å². The molecule has 0 aromatic heterocycles. The number of carbonyl (C=O) groups excluding carboxylic acids is 1. The molecular formula is C12H16FN3O2. The molecule has 0 saturated carbocycles. The molecule has 0 radical (unpaired) electrons. The molecule has 1 unspecified atom stereocenters. The molecule has 4 N–H and O–H groups in total. The number of esters is 1. The molecule has 1 rings (SSSR count). The van der Waals surface area contributed by atoms with Crippen molar-refractivity contribution >= 4 is 11.9 Å². The molecular weight excluding hydrogens is 237 g/mol. The minimum absolute atomic E-state index is 0.198. The molecule has 0 saturated heterocycles. The number of nitrogens with two attached hydrogens (primary N) is 2. The second kappa shape index (κ2) is 6.00. The molecule has 0 aliphatic rings. The number of halogens is 1.